The maximum Gasteiger partial charge on any atom is 0.321 e. The average molecular weight is 263 g/mol. The van der Waals surface area contributed by atoms with Crippen LogP contribution < -0.4 is 15.4 Å². The maximum absolute atomic E-state index is 12.0. The number of carbonyl (C=O) groups is 1. The Kier molecular flexibility index (Phi) is 4.63. The molecule has 19 heavy (non-hydrogen) atoms. The van der Waals surface area contributed by atoms with E-state index in [1.165, 1.54) is 6.42 Å². The number of urea groups is 1. The molecular formula is C14H21N3O2. The summed E-state index contributed by atoms with van der Waals surface area (Å²) < 4.78 is 5.13. The van der Waals surface area contributed by atoms with Crippen LogP contribution in [0.1, 0.15) is 12.8 Å². The molecule has 5 heteroatoms. The zero-order chi connectivity index (χ0) is 13.7. The van der Waals surface area contributed by atoms with E-state index in [2.05, 4.69) is 10.6 Å². The average Bonchev–Trinajstić information content (AvgIpc) is 2.91. The van der Waals surface area contributed by atoms with Gasteiger partial charge in [0.05, 0.1) is 7.11 Å². The first-order valence-corrected chi connectivity index (χ1v) is 6.58. The highest BCUT2D eigenvalue weighted by Crippen LogP contribution is 2.17. The predicted molar refractivity (Wildman–Crippen MR) is 75.7 cm³/mol. The van der Waals surface area contributed by atoms with E-state index < -0.39 is 0 Å². The van der Waals surface area contributed by atoms with Gasteiger partial charge in [-0.1, -0.05) is 6.07 Å². The lowest BCUT2D eigenvalue weighted by Gasteiger charge is -2.21. The van der Waals surface area contributed by atoms with Crippen molar-refractivity contribution in [1.29, 1.82) is 0 Å². The van der Waals surface area contributed by atoms with Crippen molar-refractivity contribution in [3.8, 4) is 5.75 Å². The zero-order valence-electron chi connectivity index (χ0n) is 11.5. The predicted octanol–water partition coefficient (Wildman–Crippen LogP) is 1.91. The Hall–Kier alpha value is -1.75. The number of benzene rings is 1. The van der Waals surface area contributed by atoms with Crippen molar-refractivity contribution in [2.24, 2.45) is 0 Å². The number of ether oxygens (including phenoxy) is 1. The Bertz CT molecular complexity index is 430. The molecule has 2 amide bonds. The molecule has 2 rings (SSSR count). The third-order valence-corrected chi connectivity index (χ3v) is 3.32. The van der Waals surface area contributed by atoms with Gasteiger partial charge in [0.1, 0.15) is 5.75 Å². The van der Waals surface area contributed by atoms with E-state index in [-0.39, 0.29) is 6.03 Å². The van der Waals surface area contributed by atoms with Crippen LogP contribution in [0.3, 0.4) is 0 Å². The SMILES string of the molecule is COc1cccc(NC(=O)N(C)CC2CCCN2)c1. The highest BCUT2D eigenvalue weighted by Gasteiger charge is 2.18. The molecule has 0 spiro atoms. The third kappa shape index (κ3) is 3.86. The molecule has 1 saturated heterocycles. The summed E-state index contributed by atoms with van der Waals surface area (Å²) >= 11 is 0. The molecule has 1 aromatic carbocycles. The number of rotatable bonds is 4. The van der Waals surface area contributed by atoms with Crippen LogP contribution in [0, 0.1) is 0 Å². The summed E-state index contributed by atoms with van der Waals surface area (Å²) in [5.74, 6) is 0.734. The molecule has 0 aromatic heterocycles. The Morgan fingerprint density at radius 3 is 3.11 bits per heavy atom. The van der Waals surface area contributed by atoms with E-state index in [0.717, 1.165) is 30.9 Å². The van der Waals surface area contributed by atoms with Gasteiger partial charge in [0.2, 0.25) is 0 Å². The standard InChI is InChI=1S/C14H21N3O2/c1-17(10-12-6-4-8-15-12)14(18)16-11-5-3-7-13(9-11)19-2/h3,5,7,9,12,15H,4,6,8,10H2,1-2H3,(H,16,18). The van der Waals surface area contributed by atoms with Gasteiger partial charge in [-0.3, -0.25) is 0 Å². The van der Waals surface area contributed by atoms with Crippen LogP contribution in [0.4, 0.5) is 10.5 Å². The first kappa shape index (κ1) is 13.7. The van der Waals surface area contributed by atoms with E-state index in [9.17, 15) is 4.79 Å². The fourth-order valence-corrected chi connectivity index (χ4v) is 2.25. The second-order valence-corrected chi connectivity index (χ2v) is 4.84. The van der Waals surface area contributed by atoms with Crippen LogP contribution in [-0.2, 0) is 0 Å². The Balaban J connectivity index is 1.88. The van der Waals surface area contributed by atoms with Crippen molar-refractivity contribution < 1.29 is 9.53 Å². The lowest BCUT2D eigenvalue weighted by atomic mass is 10.2. The molecule has 0 saturated carbocycles. The molecule has 1 heterocycles. The first-order valence-electron chi connectivity index (χ1n) is 6.58. The molecule has 2 N–H and O–H groups in total. The fourth-order valence-electron chi connectivity index (χ4n) is 2.25. The van der Waals surface area contributed by atoms with E-state index in [1.807, 2.05) is 25.2 Å². The highest BCUT2D eigenvalue weighted by atomic mass is 16.5. The Morgan fingerprint density at radius 2 is 2.42 bits per heavy atom. The van der Waals surface area contributed by atoms with Crippen LogP contribution in [0.5, 0.6) is 5.75 Å². The molecule has 1 fully saturated rings. The third-order valence-electron chi connectivity index (χ3n) is 3.32. The van der Waals surface area contributed by atoms with E-state index >= 15 is 0 Å². The second kappa shape index (κ2) is 6.43. The van der Waals surface area contributed by atoms with Crippen molar-refractivity contribution in [2.75, 3.05) is 32.6 Å². The van der Waals surface area contributed by atoms with E-state index in [4.69, 9.17) is 4.74 Å². The number of carbonyl (C=O) groups excluding carboxylic acids is 1. The number of nitrogens with one attached hydrogen (secondary N) is 2. The number of likely N-dealkylation sites (N-methyl/N-ethyl adjacent to an activating group) is 1. The van der Waals surface area contributed by atoms with Gasteiger partial charge in [0, 0.05) is 31.4 Å². The van der Waals surface area contributed by atoms with Gasteiger partial charge in [0.25, 0.3) is 0 Å². The van der Waals surface area contributed by atoms with Gasteiger partial charge in [-0.2, -0.15) is 0 Å². The summed E-state index contributed by atoms with van der Waals surface area (Å²) in [6, 6.07) is 7.68. The van der Waals surface area contributed by atoms with Crippen LogP contribution in [0.15, 0.2) is 24.3 Å². The van der Waals surface area contributed by atoms with Crippen LogP contribution >= 0.6 is 0 Å². The topological polar surface area (TPSA) is 53.6 Å². The molecule has 1 aliphatic rings. The van der Waals surface area contributed by atoms with Gasteiger partial charge in [-0.25, -0.2) is 4.79 Å². The number of hydrogen-bond acceptors (Lipinski definition) is 3. The van der Waals surface area contributed by atoms with Gasteiger partial charge >= 0.3 is 6.03 Å². The number of anilines is 1. The van der Waals surface area contributed by atoms with Gasteiger partial charge in [0.15, 0.2) is 0 Å². The minimum atomic E-state index is -0.0954. The molecular weight excluding hydrogens is 242 g/mol. The van der Waals surface area contributed by atoms with Crippen molar-refractivity contribution in [1.82, 2.24) is 10.2 Å². The summed E-state index contributed by atoms with van der Waals surface area (Å²) in [5, 5.41) is 6.25. The molecule has 1 aliphatic heterocycles. The fraction of sp³-hybridized carbons (Fsp3) is 0.500. The molecule has 1 unspecified atom stereocenters. The summed E-state index contributed by atoms with van der Waals surface area (Å²) in [6.07, 6.45) is 2.33. The minimum Gasteiger partial charge on any atom is -0.497 e. The van der Waals surface area contributed by atoms with Crippen LogP contribution in [0.2, 0.25) is 0 Å². The summed E-state index contributed by atoms with van der Waals surface area (Å²) in [6.45, 7) is 1.78. The Labute approximate surface area is 113 Å². The quantitative estimate of drug-likeness (QED) is 0.872. The molecule has 5 nitrogen and oxygen atoms in total. The maximum atomic E-state index is 12.0. The largest absolute Gasteiger partial charge is 0.497 e. The van der Waals surface area contributed by atoms with Crippen molar-refractivity contribution >= 4 is 11.7 Å². The van der Waals surface area contributed by atoms with E-state index in [1.54, 1.807) is 18.1 Å². The van der Waals surface area contributed by atoms with Crippen LogP contribution in [-0.4, -0.2) is 44.2 Å². The summed E-state index contributed by atoms with van der Waals surface area (Å²) in [7, 11) is 3.42. The molecule has 104 valence electrons. The number of hydrogen-bond donors (Lipinski definition) is 2. The normalized spacial score (nSPS) is 18.1. The number of amides is 2. The molecule has 0 aliphatic carbocycles. The van der Waals surface area contributed by atoms with Crippen molar-refractivity contribution in [2.45, 2.75) is 18.9 Å². The first-order chi connectivity index (χ1) is 9.19. The lowest BCUT2D eigenvalue weighted by molar-refractivity contribution is 0.218. The van der Waals surface area contributed by atoms with Gasteiger partial charge in [-0.15, -0.1) is 0 Å². The number of methoxy groups -OCH3 is 1. The zero-order valence-corrected chi connectivity index (χ0v) is 11.5. The monoisotopic (exact) mass is 263 g/mol. The van der Waals surface area contributed by atoms with E-state index in [0.29, 0.717) is 6.04 Å². The minimum absolute atomic E-state index is 0.0954. The highest BCUT2D eigenvalue weighted by molar-refractivity contribution is 5.89. The smallest absolute Gasteiger partial charge is 0.321 e. The van der Waals surface area contributed by atoms with Crippen LogP contribution in [0.25, 0.3) is 0 Å². The van der Waals surface area contributed by atoms with Gasteiger partial charge in [-0.05, 0) is 31.5 Å². The second-order valence-electron chi connectivity index (χ2n) is 4.84. The Morgan fingerprint density at radius 1 is 1.58 bits per heavy atom. The molecule has 0 radical (unpaired) electrons. The summed E-state index contributed by atoms with van der Waals surface area (Å²) in [4.78, 5) is 13.8. The lowest BCUT2D eigenvalue weighted by Crippen LogP contribution is -2.40. The molecule has 1 aromatic rings. The van der Waals surface area contributed by atoms with Crippen molar-refractivity contribution in [3.05, 3.63) is 24.3 Å². The number of nitrogens with zero attached hydrogens (tertiary/aromatic N) is 1. The molecule has 0 bridgehead atoms. The van der Waals surface area contributed by atoms with Gasteiger partial charge < -0.3 is 20.3 Å². The summed E-state index contributed by atoms with van der Waals surface area (Å²) in [5.41, 5.74) is 0.746. The van der Waals surface area contributed by atoms with Crippen molar-refractivity contribution in [3.63, 3.8) is 0 Å². The molecule has 1 atom stereocenters.